The van der Waals surface area contributed by atoms with Gasteiger partial charge < -0.3 is 13.6 Å². The SMILES string of the molecule is Cc1cc([C@@H](C)Oc2ccc(Cl)cc2S(N)=O)c2oc(-c3cnc4ccoc4c3)c(C)c(=O)c2c1. The van der Waals surface area contributed by atoms with Crippen LogP contribution in [-0.2, 0) is 11.0 Å². The van der Waals surface area contributed by atoms with Gasteiger partial charge >= 0.3 is 0 Å². The molecule has 0 aliphatic carbocycles. The van der Waals surface area contributed by atoms with Crippen LogP contribution >= 0.6 is 11.6 Å². The number of hydrogen-bond acceptors (Lipinski definition) is 6. The van der Waals surface area contributed by atoms with Gasteiger partial charge in [0.25, 0.3) is 0 Å². The molecule has 0 spiro atoms. The number of hydrogen-bond donors (Lipinski definition) is 1. The fraction of sp³-hybridized carbons (Fsp3) is 0.154. The maximum Gasteiger partial charge on any atom is 0.196 e. The van der Waals surface area contributed by atoms with Crippen molar-refractivity contribution in [3.63, 3.8) is 0 Å². The van der Waals surface area contributed by atoms with Gasteiger partial charge in [0.15, 0.2) is 11.0 Å². The summed E-state index contributed by atoms with van der Waals surface area (Å²) in [7, 11) is -1.80. The third-order valence-corrected chi connectivity index (χ3v) is 6.81. The standard InChI is InChI=1S/C26H21ClN2O5S/c1-13-8-18(15(3)33-21-5-4-17(27)11-23(21)35(28)31)26-19(9-13)24(30)14(2)25(34-26)16-10-22-20(29-12-16)6-7-32-22/h4-12,15H,28H2,1-3H3/t15-,35?/m1/s1. The molecule has 3 aromatic heterocycles. The van der Waals surface area contributed by atoms with Crippen LogP contribution in [0.3, 0.4) is 0 Å². The Bertz CT molecular complexity index is 1690. The zero-order valence-electron chi connectivity index (χ0n) is 19.1. The third-order valence-electron chi connectivity index (χ3n) is 5.82. The van der Waals surface area contributed by atoms with E-state index in [1.807, 2.05) is 19.9 Å². The van der Waals surface area contributed by atoms with Crippen LogP contribution in [0.2, 0.25) is 5.02 Å². The van der Waals surface area contributed by atoms with Crippen molar-refractivity contribution in [1.82, 2.24) is 4.98 Å². The van der Waals surface area contributed by atoms with Crippen LogP contribution in [-0.4, -0.2) is 9.19 Å². The van der Waals surface area contributed by atoms with E-state index in [-0.39, 0.29) is 10.3 Å². The predicted molar refractivity (Wildman–Crippen MR) is 136 cm³/mol. The number of aromatic nitrogens is 1. The Labute approximate surface area is 208 Å². The Morgan fingerprint density at radius 2 is 1.94 bits per heavy atom. The molecule has 5 aromatic rings. The molecule has 2 aromatic carbocycles. The lowest BCUT2D eigenvalue weighted by atomic mass is 10.00. The third kappa shape index (κ3) is 4.25. The van der Waals surface area contributed by atoms with E-state index in [0.717, 1.165) is 5.56 Å². The number of nitrogens with two attached hydrogens (primary N) is 1. The smallest absolute Gasteiger partial charge is 0.196 e. The molecule has 1 unspecified atom stereocenters. The van der Waals surface area contributed by atoms with Gasteiger partial charge in [0.2, 0.25) is 0 Å². The lowest BCUT2D eigenvalue weighted by molar-refractivity contribution is 0.221. The van der Waals surface area contributed by atoms with Crippen molar-refractivity contribution in [3.8, 4) is 17.1 Å². The van der Waals surface area contributed by atoms with E-state index in [1.165, 1.54) is 6.07 Å². The molecular formula is C26H21ClN2O5S. The van der Waals surface area contributed by atoms with E-state index >= 15 is 0 Å². The molecule has 2 N–H and O–H groups in total. The fourth-order valence-corrected chi connectivity index (χ4v) is 4.90. The maximum absolute atomic E-state index is 13.4. The first-order chi connectivity index (χ1) is 16.7. The van der Waals surface area contributed by atoms with Crippen LogP contribution in [0.4, 0.5) is 0 Å². The van der Waals surface area contributed by atoms with Gasteiger partial charge in [0, 0.05) is 34.0 Å². The van der Waals surface area contributed by atoms with E-state index in [1.54, 1.807) is 49.7 Å². The summed E-state index contributed by atoms with van der Waals surface area (Å²) in [4.78, 5) is 18.1. The molecule has 0 saturated heterocycles. The van der Waals surface area contributed by atoms with Crippen molar-refractivity contribution in [1.29, 1.82) is 0 Å². The monoisotopic (exact) mass is 508 g/mol. The van der Waals surface area contributed by atoms with Gasteiger partial charge in [0.05, 0.1) is 16.5 Å². The summed E-state index contributed by atoms with van der Waals surface area (Å²) in [6.45, 7) is 5.45. The highest BCUT2D eigenvalue weighted by Crippen LogP contribution is 2.35. The Morgan fingerprint density at radius 1 is 1.14 bits per heavy atom. The minimum Gasteiger partial charge on any atom is -0.485 e. The number of fused-ring (bicyclic) bond motifs is 2. The zero-order valence-corrected chi connectivity index (χ0v) is 20.7. The van der Waals surface area contributed by atoms with Gasteiger partial charge in [-0.15, -0.1) is 0 Å². The molecule has 0 saturated carbocycles. The maximum atomic E-state index is 13.4. The van der Waals surface area contributed by atoms with E-state index in [9.17, 15) is 9.00 Å². The lowest BCUT2D eigenvalue weighted by Crippen LogP contribution is -2.12. The Kier molecular flexibility index (Phi) is 5.96. The lowest BCUT2D eigenvalue weighted by Gasteiger charge is -2.19. The molecule has 0 aliphatic rings. The molecule has 0 bridgehead atoms. The van der Waals surface area contributed by atoms with Crippen molar-refractivity contribution in [3.05, 3.63) is 86.9 Å². The first-order valence-electron chi connectivity index (χ1n) is 10.8. The summed E-state index contributed by atoms with van der Waals surface area (Å²) in [6, 6.07) is 12.0. The average molecular weight is 509 g/mol. The number of pyridine rings is 1. The van der Waals surface area contributed by atoms with Gasteiger partial charge in [0.1, 0.15) is 39.7 Å². The molecule has 0 radical (unpaired) electrons. The van der Waals surface area contributed by atoms with E-state index < -0.39 is 17.1 Å². The van der Waals surface area contributed by atoms with Crippen LogP contribution in [0.1, 0.15) is 29.7 Å². The van der Waals surface area contributed by atoms with Crippen LogP contribution in [0.25, 0.3) is 33.4 Å². The summed E-state index contributed by atoms with van der Waals surface area (Å²) in [6.07, 6.45) is 2.65. The number of furan rings is 1. The quantitative estimate of drug-likeness (QED) is 0.312. The summed E-state index contributed by atoms with van der Waals surface area (Å²) >= 11 is 6.04. The second-order valence-electron chi connectivity index (χ2n) is 8.29. The fourth-order valence-electron chi connectivity index (χ4n) is 4.11. The molecule has 3 heterocycles. The zero-order chi connectivity index (χ0) is 24.9. The number of ether oxygens (including phenoxy) is 1. The van der Waals surface area contributed by atoms with Crippen molar-refractivity contribution in [2.45, 2.75) is 31.8 Å². The van der Waals surface area contributed by atoms with Gasteiger partial charge in [-0.1, -0.05) is 11.6 Å². The molecule has 178 valence electrons. The van der Waals surface area contributed by atoms with Gasteiger partial charge in [-0.2, -0.15) is 0 Å². The van der Waals surface area contributed by atoms with Crippen molar-refractivity contribution >= 4 is 44.7 Å². The highest BCUT2D eigenvalue weighted by atomic mass is 35.5. The van der Waals surface area contributed by atoms with E-state index in [4.69, 9.17) is 30.3 Å². The number of aryl methyl sites for hydroxylation is 1. The normalized spacial score (nSPS) is 13.3. The molecule has 0 fully saturated rings. The molecule has 0 aliphatic heterocycles. The molecule has 7 nitrogen and oxygen atoms in total. The number of halogens is 1. The molecule has 0 amide bonds. The molecule has 9 heteroatoms. The first-order valence-corrected chi connectivity index (χ1v) is 12.4. The largest absolute Gasteiger partial charge is 0.485 e. The van der Waals surface area contributed by atoms with Crippen molar-refractivity contribution in [2.24, 2.45) is 5.14 Å². The van der Waals surface area contributed by atoms with Crippen molar-refractivity contribution in [2.75, 3.05) is 0 Å². The average Bonchev–Trinajstić information content (AvgIpc) is 3.30. The predicted octanol–water partition coefficient (Wildman–Crippen LogP) is 5.99. The summed E-state index contributed by atoms with van der Waals surface area (Å²) < 4.78 is 30.0. The van der Waals surface area contributed by atoms with Gasteiger partial charge in [-0.3, -0.25) is 9.78 Å². The first kappa shape index (κ1) is 23.3. The second-order valence-corrected chi connectivity index (χ2v) is 9.76. The van der Waals surface area contributed by atoms with Gasteiger partial charge in [-0.25, -0.2) is 9.35 Å². The highest BCUT2D eigenvalue weighted by Gasteiger charge is 2.21. The Hall–Kier alpha value is -3.46. The molecular weight excluding hydrogens is 488 g/mol. The van der Waals surface area contributed by atoms with Crippen LogP contribution in [0.5, 0.6) is 5.75 Å². The Balaban J connectivity index is 1.67. The number of nitrogens with zero attached hydrogens (tertiary/aromatic N) is 1. The number of benzene rings is 2. The van der Waals surface area contributed by atoms with Crippen LogP contribution < -0.4 is 15.3 Å². The van der Waals surface area contributed by atoms with E-state index in [0.29, 0.717) is 55.3 Å². The van der Waals surface area contributed by atoms with Gasteiger partial charge in [-0.05, 0) is 62.7 Å². The number of rotatable bonds is 5. The summed E-state index contributed by atoms with van der Waals surface area (Å²) in [5, 5.41) is 6.47. The molecule has 35 heavy (non-hydrogen) atoms. The van der Waals surface area contributed by atoms with Crippen LogP contribution in [0, 0.1) is 13.8 Å². The molecule has 5 rings (SSSR count). The second kappa shape index (κ2) is 8.96. The minimum atomic E-state index is -1.80. The summed E-state index contributed by atoms with van der Waals surface area (Å²) in [5.41, 5.74) is 4.19. The minimum absolute atomic E-state index is 0.145. The van der Waals surface area contributed by atoms with E-state index in [2.05, 4.69) is 4.98 Å². The highest BCUT2D eigenvalue weighted by molar-refractivity contribution is 7.82. The molecule has 2 atom stereocenters. The Morgan fingerprint density at radius 3 is 2.71 bits per heavy atom. The van der Waals surface area contributed by atoms with Crippen molar-refractivity contribution < 1.29 is 17.8 Å². The van der Waals surface area contributed by atoms with Crippen LogP contribution in [0.15, 0.2) is 73.4 Å². The topological polar surface area (TPSA) is 109 Å². The summed E-state index contributed by atoms with van der Waals surface area (Å²) in [5.74, 6) is 0.736.